The van der Waals surface area contributed by atoms with Crippen LogP contribution in [0.25, 0.3) is 22.2 Å². The number of alkyl halides is 3. The molecule has 0 aliphatic rings. The monoisotopic (exact) mass is 508 g/mol. The highest BCUT2D eigenvalue weighted by Gasteiger charge is 2.31. The maximum Gasteiger partial charge on any atom is 0.573 e. The van der Waals surface area contributed by atoms with Crippen LogP contribution in [0, 0.1) is 3.57 Å². The number of halogens is 4. The van der Waals surface area contributed by atoms with E-state index in [-0.39, 0.29) is 17.9 Å². The molecule has 3 N–H and O–H groups in total. The average molecular weight is 508 g/mol. The number of amides is 1. The van der Waals surface area contributed by atoms with Crippen molar-refractivity contribution in [2.75, 3.05) is 6.54 Å². The predicted octanol–water partition coefficient (Wildman–Crippen LogP) is 4.30. The molecule has 148 valence electrons. The Morgan fingerprint density at radius 1 is 1.32 bits per heavy atom. The molecule has 0 saturated carbocycles. The number of rotatable bonds is 5. The van der Waals surface area contributed by atoms with Crippen LogP contribution in [0.4, 0.5) is 18.0 Å². The summed E-state index contributed by atoms with van der Waals surface area (Å²) in [5.74, 6) is -0.353. The molecule has 1 atom stereocenters. The van der Waals surface area contributed by atoms with E-state index in [1.165, 1.54) is 30.7 Å². The Balaban J connectivity index is 1.99. The molecule has 0 spiro atoms. The third kappa shape index (κ3) is 4.47. The summed E-state index contributed by atoms with van der Waals surface area (Å²) >= 11 is 1.96. The molecular formula is C17H12F3IN2O5. The van der Waals surface area contributed by atoms with Gasteiger partial charge in [0.1, 0.15) is 17.4 Å². The van der Waals surface area contributed by atoms with E-state index in [1.54, 1.807) is 6.07 Å². The Hall–Kier alpha value is -2.54. The maximum atomic E-state index is 12.3. The number of oxazole rings is 1. The lowest BCUT2D eigenvalue weighted by molar-refractivity contribution is -0.274. The van der Waals surface area contributed by atoms with Gasteiger partial charge in [-0.3, -0.25) is 0 Å². The molecule has 11 heteroatoms. The first-order valence-electron chi connectivity index (χ1n) is 7.72. The number of carboxylic acid groups (broad SMARTS) is 1. The van der Waals surface area contributed by atoms with Gasteiger partial charge in [-0.25, -0.2) is 9.78 Å². The van der Waals surface area contributed by atoms with Crippen molar-refractivity contribution in [3.63, 3.8) is 0 Å². The van der Waals surface area contributed by atoms with E-state index in [0.717, 1.165) is 0 Å². The zero-order valence-corrected chi connectivity index (χ0v) is 16.0. The largest absolute Gasteiger partial charge is 0.573 e. The van der Waals surface area contributed by atoms with Crippen LogP contribution in [-0.4, -0.2) is 34.2 Å². The Morgan fingerprint density at radius 2 is 2.00 bits per heavy atom. The van der Waals surface area contributed by atoms with Crippen molar-refractivity contribution < 1.29 is 37.3 Å². The van der Waals surface area contributed by atoms with Crippen LogP contribution in [0.1, 0.15) is 11.7 Å². The molecule has 3 aromatic rings. The van der Waals surface area contributed by atoms with Crippen LogP contribution < -0.4 is 10.1 Å². The molecule has 0 aliphatic carbocycles. The van der Waals surface area contributed by atoms with Crippen LogP contribution in [0.3, 0.4) is 0 Å². The number of nitrogens with zero attached hydrogens (tertiary/aromatic N) is 1. The van der Waals surface area contributed by atoms with Gasteiger partial charge in [-0.15, -0.1) is 13.2 Å². The minimum atomic E-state index is -4.78. The normalized spacial score (nSPS) is 12.8. The van der Waals surface area contributed by atoms with Crippen molar-refractivity contribution in [3.05, 3.63) is 45.9 Å². The Labute approximate surface area is 169 Å². The van der Waals surface area contributed by atoms with Crippen molar-refractivity contribution in [1.82, 2.24) is 10.3 Å². The SMILES string of the molecule is O=C(O)NCC(O)c1c(I)cc(-c2ccc(OC(F)(F)F)cc2)c2ncoc12. The summed E-state index contributed by atoms with van der Waals surface area (Å²) in [4.78, 5) is 14.8. The first kappa shape index (κ1) is 20.2. The van der Waals surface area contributed by atoms with Crippen LogP contribution in [-0.2, 0) is 0 Å². The number of hydrogen-bond donors (Lipinski definition) is 3. The molecule has 1 aromatic heterocycles. The van der Waals surface area contributed by atoms with Gasteiger partial charge in [0, 0.05) is 14.7 Å². The lowest BCUT2D eigenvalue weighted by Gasteiger charge is -2.15. The molecule has 0 fully saturated rings. The van der Waals surface area contributed by atoms with Crippen molar-refractivity contribution in [2.45, 2.75) is 12.5 Å². The number of hydrogen-bond acceptors (Lipinski definition) is 5. The van der Waals surface area contributed by atoms with Gasteiger partial charge in [0.2, 0.25) is 0 Å². The van der Waals surface area contributed by atoms with Gasteiger partial charge in [0.25, 0.3) is 0 Å². The zero-order valence-electron chi connectivity index (χ0n) is 13.8. The first-order chi connectivity index (χ1) is 13.2. The highest BCUT2D eigenvalue weighted by atomic mass is 127. The fraction of sp³-hybridized carbons (Fsp3) is 0.176. The number of ether oxygens (including phenoxy) is 1. The molecule has 0 radical (unpaired) electrons. The summed E-state index contributed by atoms with van der Waals surface area (Å²) in [6.07, 6.45) is -6.06. The number of aliphatic hydroxyl groups excluding tert-OH is 1. The molecule has 28 heavy (non-hydrogen) atoms. The Morgan fingerprint density at radius 3 is 2.61 bits per heavy atom. The second-order valence-corrected chi connectivity index (χ2v) is 6.79. The molecule has 0 saturated heterocycles. The molecular weight excluding hydrogens is 496 g/mol. The maximum absolute atomic E-state index is 12.3. The quantitative estimate of drug-likeness (QED) is 0.445. The van der Waals surface area contributed by atoms with E-state index in [2.05, 4.69) is 15.0 Å². The summed E-state index contributed by atoms with van der Waals surface area (Å²) in [6.45, 7) is -0.246. The Bertz CT molecular complexity index is 1000. The van der Waals surface area contributed by atoms with Crippen LogP contribution in [0.5, 0.6) is 5.75 Å². The van der Waals surface area contributed by atoms with E-state index < -0.39 is 18.6 Å². The van der Waals surface area contributed by atoms with Gasteiger partial charge in [0.15, 0.2) is 12.0 Å². The number of carbonyl (C=O) groups is 1. The molecule has 2 aromatic carbocycles. The van der Waals surface area contributed by atoms with E-state index in [4.69, 9.17) is 9.52 Å². The smallest absolute Gasteiger partial charge is 0.465 e. The van der Waals surface area contributed by atoms with Gasteiger partial charge >= 0.3 is 12.5 Å². The standard InChI is InChI=1S/C17H12F3IN2O5/c18-17(19,20)28-9-3-1-8(2-4-9)10-5-11(21)13(12(24)6-22-16(25)26)15-14(10)23-7-27-15/h1-5,7,12,22,24H,6H2,(H,25,26). The van der Waals surface area contributed by atoms with E-state index in [1.807, 2.05) is 22.6 Å². The first-order valence-corrected chi connectivity index (χ1v) is 8.80. The van der Waals surface area contributed by atoms with Gasteiger partial charge in [0.05, 0.1) is 6.54 Å². The summed E-state index contributed by atoms with van der Waals surface area (Å²) in [5.41, 5.74) is 2.15. The zero-order chi connectivity index (χ0) is 20.5. The van der Waals surface area contributed by atoms with Crippen LogP contribution >= 0.6 is 22.6 Å². The highest BCUT2D eigenvalue weighted by molar-refractivity contribution is 14.1. The summed E-state index contributed by atoms with van der Waals surface area (Å²) in [5, 5.41) is 21.1. The lowest BCUT2D eigenvalue weighted by Crippen LogP contribution is -2.27. The van der Waals surface area contributed by atoms with Crippen molar-refractivity contribution >= 4 is 39.8 Å². The van der Waals surface area contributed by atoms with E-state index in [9.17, 15) is 23.1 Å². The topological polar surface area (TPSA) is 105 Å². The number of fused-ring (bicyclic) bond motifs is 1. The molecule has 0 bridgehead atoms. The molecule has 3 rings (SSSR count). The number of aromatic nitrogens is 1. The molecule has 1 heterocycles. The lowest BCUT2D eigenvalue weighted by atomic mass is 9.99. The van der Waals surface area contributed by atoms with Crippen molar-refractivity contribution in [3.8, 4) is 16.9 Å². The number of nitrogens with one attached hydrogen (secondary N) is 1. The second-order valence-electron chi connectivity index (χ2n) is 5.62. The summed E-state index contributed by atoms with van der Waals surface area (Å²) in [6, 6.07) is 6.94. The number of benzene rings is 2. The van der Waals surface area contributed by atoms with Crippen molar-refractivity contribution in [1.29, 1.82) is 0 Å². The molecule has 1 amide bonds. The highest BCUT2D eigenvalue weighted by Crippen LogP contribution is 2.37. The second kappa shape index (κ2) is 7.83. The fourth-order valence-electron chi connectivity index (χ4n) is 2.66. The van der Waals surface area contributed by atoms with Gasteiger partial charge in [-0.2, -0.15) is 0 Å². The fourth-order valence-corrected chi connectivity index (χ4v) is 3.58. The van der Waals surface area contributed by atoms with Gasteiger partial charge < -0.3 is 24.7 Å². The summed E-state index contributed by atoms with van der Waals surface area (Å²) < 4.78 is 46.7. The summed E-state index contributed by atoms with van der Waals surface area (Å²) in [7, 11) is 0. The predicted molar refractivity (Wildman–Crippen MR) is 99.8 cm³/mol. The molecule has 1 unspecified atom stereocenters. The van der Waals surface area contributed by atoms with Gasteiger partial charge in [-0.1, -0.05) is 12.1 Å². The minimum absolute atomic E-state index is 0.246. The van der Waals surface area contributed by atoms with Gasteiger partial charge in [-0.05, 0) is 46.4 Å². The van der Waals surface area contributed by atoms with E-state index in [0.29, 0.717) is 25.8 Å². The minimum Gasteiger partial charge on any atom is -0.465 e. The third-order valence-corrected chi connectivity index (χ3v) is 4.67. The van der Waals surface area contributed by atoms with Crippen molar-refractivity contribution in [2.24, 2.45) is 0 Å². The molecule has 0 aliphatic heterocycles. The molecule has 7 nitrogen and oxygen atoms in total. The third-order valence-electron chi connectivity index (χ3n) is 3.77. The Kier molecular flexibility index (Phi) is 5.65. The number of aliphatic hydroxyl groups is 1. The average Bonchev–Trinajstić information content (AvgIpc) is 3.07. The van der Waals surface area contributed by atoms with Crippen LogP contribution in [0.2, 0.25) is 0 Å². The van der Waals surface area contributed by atoms with Crippen LogP contribution in [0.15, 0.2) is 41.1 Å². The van der Waals surface area contributed by atoms with E-state index >= 15 is 0 Å².